The maximum atomic E-state index is 12.8. The summed E-state index contributed by atoms with van der Waals surface area (Å²) in [6, 6.07) is 17.7. The Balaban J connectivity index is 1.33. The number of hydrogen-bond acceptors (Lipinski definition) is 5. The van der Waals surface area contributed by atoms with Crippen molar-refractivity contribution >= 4 is 11.8 Å². The molecule has 2 amide bonds. The van der Waals surface area contributed by atoms with Crippen LogP contribution in [0.4, 0.5) is 0 Å². The number of ether oxygens (including phenoxy) is 2. The van der Waals surface area contributed by atoms with Crippen LogP contribution in [-0.2, 0) is 0 Å². The van der Waals surface area contributed by atoms with Gasteiger partial charge in [0.1, 0.15) is 17.2 Å². The summed E-state index contributed by atoms with van der Waals surface area (Å²) in [4.78, 5) is 33.1. The second-order valence-corrected chi connectivity index (χ2v) is 7.13. The van der Waals surface area contributed by atoms with Gasteiger partial charge in [-0.2, -0.15) is 0 Å². The van der Waals surface area contributed by atoms with Crippen LogP contribution in [0.15, 0.2) is 73.1 Å². The monoisotopic (exact) mass is 417 g/mol. The number of hydrogen-bond donors (Lipinski definition) is 0. The molecule has 31 heavy (non-hydrogen) atoms. The summed E-state index contributed by atoms with van der Waals surface area (Å²) in [5.74, 6) is 1.90. The summed E-state index contributed by atoms with van der Waals surface area (Å²) >= 11 is 0. The first-order valence-electron chi connectivity index (χ1n) is 10.0. The number of rotatable bonds is 5. The Labute approximate surface area is 180 Å². The first kappa shape index (κ1) is 20.4. The third-order valence-electron chi connectivity index (χ3n) is 5.16. The van der Waals surface area contributed by atoms with Gasteiger partial charge in [-0.3, -0.25) is 14.6 Å². The van der Waals surface area contributed by atoms with Crippen molar-refractivity contribution in [3.63, 3.8) is 0 Å². The highest BCUT2D eigenvalue weighted by Crippen LogP contribution is 2.21. The molecule has 7 heteroatoms. The van der Waals surface area contributed by atoms with E-state index >= 15 is 0 Å². The molecule has 0 atom stereocenters. The summed E-state index contributed by atoms with van der Waals surface area (Å²) in [7, 11) is 1.59. The van der Waals surface area contributed by atoms with E-state index < -0.39 is 0 Å². The van der Waals surface area contributed by atoms with Crippen molar-refractivity contribution in [3.05, 3.63) is 84.2 Å². The maximum absolute atomic E-state index is 12.8. The predicted octanol–water partition coefficient (Wildman–Crippen LogP) is 3.48. The van der Waals surface area contributed by atoms with E-state index in [4.69, 9.17) is 9.47 Å². The maximum Gasteiger partial charge on any atom is 0.253 e. The molecule has 4 rings (SSSR count). The van der Waals surface area contributed by atoms with Crippen molar-refractivity contribution in [1.29, 1.82) is 0 Å². The molecule has 2 aromatic carbocycles. The third kappa shape index (κ3) is 4.83. The van der Waals surface area contributed by atoms with Gasteiger partial charge >= 0.3 is 0 Å². The van der Waals surface area contributed by atoms with Crippen molar-refractivity contribution in [3.8, 4) is 17.2 Å². The molecule has 1 aliphatic rings. The van der Waals surface area contributed by atoms with Crippen LogP contribution in [0.2, 0.25) is 0 Å². The number of aromatic nitrogens is 1. The average molecular weight is 417 g/mol. The van der Waals surface area contributed by atoms with Crippen LogP contribution in [0.5, 0.6) is 17.2 Å². The Morgan fingerprint density at radius 2 is 1.26 bits per heavy atom. The summed E-state index contributed by atoms with van der Waals surface area (Å²) in [5.41, 5.74) is 1.21. The number of methoxy groups -OCH3 is 1. The summed E-state index contributed by atoms with van der Waals surface area (Å²) in [6.45, 7) is 1.99. The largest absolute Gasteiger partial charge is 0.497 e. The zero-order valence-corrected chi connectivity index (χ0v) is 17.2. The van der Waals surface area contributed by atoms with Gasteiger partial charge in [0.05, 0.1) is 13.3 Å². The fourth-order valence-electron chi connectivity index (χ4n) is 3.42. The number of piperazine rings is 1. The third-order valence-corrected chi connectivity index (χ3v) is 5.16. The van der Waals surface area contributed by atoms with Gasteiger partial charge in [-0.15, -0.1) is 0 Å². The number of nitrogens with zero attached hydrogens (tertiary/aromatic N) is 3. The summed E-state index contributed by atoms with van der Waals surface area (Å²) < 4.78 is 10.9. The van der Waals surface area contributed by atoms with Crippen molar-refractivity contribution in [1.82, 2.24) is 14.8 Å². The van der Waals surface area contributed by atoms with Crippen LogP contribution in [-0.4, -0.2) is 59.9 Å². The molecule has 7 nitrogen and oxygen atoms in total. The second kappa shape index (κ2) is 9.30. The van der Waals surface area contributed by atoms with Crippen LogP contribution < -0.4 is 9.47 Å². The Kier molecular flexibility index (Phi) is 6.12. The van der Waals surface area contributed by atoms with Gasteiger partial charge in [0, 0.05) is 43.5 Å². The number of carbonyl (C=O) groups excluding carboxylic acids is 2. The van der Waals surface area contributed by atoms with Crippen LogP contribution in [0.25, 0.3) is 0 Å². The predicted molar refractivity (Wildman–Crippen MR) is 116 cm³/mol. The van der Waals surface area contributed by atoms with Crippen LogP contribution in [0.3, 0.4) is 0 Å². The molecule has 2 heterocycles. The average Bonchev–Trinajstić information content (AvgIpc) is 2.84. The lowest BCUT2D eigenvalue weighted by atomic mass is 10.1. The molecular formula is C24H23N3O4. The van der Waals surface area contributed by atoms with Gasteiger partial charge in [0.25, 0.3) is 11.8 Å². The lowest BCUT2D eigenvalue weighted by Crippen LogP contribution is -2.50. The van der Waals surface area contributed by atoms with Gasteiger partial charge < -0.3 is 19.3 Å². The van der Waals surface area contributed by atoms with Crippen molar-refractivity contribution in [2.45, 2.75) is 0 Å². The molecule has 0 bridgehead atoms. The molecule has 0 aliphatic carbocycles. The number of carbonyl (C=O) groups is 2. The van der Waals surface area contributed by atoms with Crippen LogP contribution in [0.1, 0.15) is 20.7 Å². The van der Waals surface area contributed by atoms with E-state index in [-0.39, 0.29) is 11.8 Å². The zero-order valence-electron chi connectivity index (χ0n) is 17.2. The highest BCUT2D eigenvalue weighted by atomic mass is 16.5. The van der Waals surface area contributed by atoms with E-state index in [2.05, 4.69) is 4.98 Å². The number of amides is 2. The van der Waals surface area contributed by atoms with Crippen LogP contribution >= 0.6 is 0 Å². The normalized spacial score (nSPS) is 13.6. The van der Waals surface area contributed by atoms with E-state index in [9.17, 15) is 9.59 Å². The molecule has 0 radical (unpaired) electrons. The molecule has 1 aromatic heterocycles. The minimum atomic E-state index is -0.0514. The minimum Gasteiger partial charge on any atom is -0.497 e. The van der Waals surface area contributed by atoms with E-state index in [0.717, 1.165) is 0 Å². The minimum absolute atomic E-state index is 0.0355. The molecule has 1 aliphatic heterocycles. The standard InChI is InChI=1S/C24H23N3O4/c1-30-20-8-4-18(5-9-20)23(28)26-13-15-27(16-14-26)24(29)19-6-10-21(11-7-19)31-22-3-2-12-25-17-22/h2-12,17H,13-16H2,1H3. The fraction of sp³-hybridized carbons (Fsp3) is 0.208. The molecular weight excluding hydrogens is 394 g/mol. The zero-order chi connectivity index (χ0) is 21.6. The second-order valence-electron chi connectivity index (χ2n) is 7.13. The smallest absolute Gasteiger partial charge is 0.253 e. The van der Waals surface area contributed by atoms with Crippen LogP contribution in [0, 0.1) is 0 Å². The van der Waals surface area contributed by atoms with Crippen molar-refractivity contribution in [2.75, 3.05) is 33.3 Å². The highest BCUT2D eigenvalue weighted by Gasteiger charge is 2.25. The number of pyridine rings is 1. The first-order chi connectivity index (χ1) is 15.1. The van der Waals surface area contributed by atoms with Gasteiger partial charge in [-0.05, 0) is 60.7 Å². The van der Waals surface area contributed by atoms with E-state index in [1.165, 1.54) is 0 Å². The molecule has 0 N–H and O–H groups in total. The molecule has 0 spiro atoms. The van der Waals surface area contributed by atoms with E-state index in [1.807, 2.05) is 6.07 Å². The van der Waals surface area contributed by atoms with Gasteiger partial charge in [0.15, 0.2) is 0 Å². The molecule has 0 unspecified atom stereocenters. The Bertz CT molecular complexity index is 1030. The fourth-order valence-corrected chi connectivity index (χ4v) is 3.42. The molecule has 3 aromatic rings. The van der Waals surface area contributed by atoms with Gasteiger partial charge in [-0.25, -0.2) is 0 Å². The molecule has 1 fully saturated rings. The Morgan fingerprint density at radius 1 is 0.742 bits per heavy atom. The van der Waals surface area contributed by atoms with Crippen molar-refractivity contribution < 1.29 is 19.1 Å². The SMILES string of the molecule is COc1ccc(C(=O)N2CCN(C(=O)c3ccc(Oc4cccnc4)cc3)CC2)cc1. The first-order valence-corrected chi connectivity index (χ1v) is 10.0. The highest BCUT2D eigenvalue weighted by molar-refractivity contribution is 5.96. The quantitative estimate of drug-likeness (QED) is 0.636. The lowest BCUT2D eigenvalue weighted by molar-refractivity contribution is 0.0535. The Hall–Kier alpha value is -3.87. The van der Waals surface area contributed by atoms with Crippen molar-refractivity contribution in [2.24, 2.45) is 0 Å². The molecule has 158 valence electrons. The topological polar surface area (TPSA) is 72.0 Å². The molecule has 1 saturated heterocycles. The van der Waals surface area contributed by atoms with E-state index in [0.29, 0.717) is 54.6 Å². The Morgan fingerprint density at radius 3 is 1.71 bits per heavy atom. The molecule has 0 saturated carbocycles. The van der Waals surface area contributed by atoms with Gasteiger partial charge in [-0.1, -0.05) is 0 Å². The van der Waals surface area contributed by atoms with E-state index in [1.54, 1.807) is 83.9 Å². The summed E-state index contributed by atoms with van der Waals surface area (Å²) in [6.07, 6.45) is 3.31. The van der Waals surface area contributed by atoms with Gasteiger partial charge in [0.2, 0.25) is 0 Å². The summed E-state index contributed by atoms with van der Waals surface area (Å²) in [5, 5.41) is 0. The lowest BCUT2D eigenvalue weighted by Gasteiger charge is -2.35. The number of benzene rings is 2.